The van der Waals surface area contributed by atoms with Crippen molar-refractivity contribution >= 4 is 22.4 Å². The Labute approximate surface area is 123 Å². The summed E-state index contributed by atoms with van der Waals surface area (Å²) >= 11 is 1.29. The van der Waals surface area contributed by atoms with Crippen LogP contribution in [0.15, 0.2) is 0 Å². The fourth-order valence-corrected chi connectivity index (χ4v) is 3.52. The molecule has 1 fully saturated rings. The average Bonchev–Trinajstić information content (AvgIpc) is 2.84. The molecule has 0 spiro atoms. The number of anilines is 1. The third-order valence-electron chi connectivity index (χ3n) is 3.42. The van der Waals surface area contributed by atoms with Crippen molar-refractivity contribution in [3.63, 3.8) is 0 Å². The van der Waals surface area contributed by atoms with E-state index in [0.29, 0.717) is 4.88 Å². The van der Waals surface area contributed by atoms with Crippen molar-refractivity contribution in [1.82, 2.24) is 4.98 Å². The van der Waals surface area contributed by atoms with E-state index in [1.165, 1.54) is 11.3 Å². The number of aromatic nitrogens is 1. The Morgan fingerprint density at radius 1 is 1.55 bits per heavy atom. The second-order valence-corrected chi connectivity index (χ2v) is 5.97. The van der Waals surface area contributed by atoms with Crippen LogP contribution in [-0.4, -0.2) is 41.9 Å². The molecule has 1 N–H and O–H groups in total. The zero-order valence-corrected chi connectivity index (χ0v) is 12.9. The Hall–Kier alpha value is -1.14. The van der Waals surface area contributed by atoms with Crippen LogP contribution in [0, 0.1) is 0 Å². The van der Waals surface area contributed by atoms with Gasteiger partial charge in [0.05, 0.1) is 11.8 Å². The van der Waals surface area contributed by atoms with E-state index in [9.17, 15) is 9.90 Å². The van der Waals surface area contributed by atoms with Gasteiger partial charge in [-0.3, -0.25) is 0 Å². The van der Waals surface area contributed by atoms with Gasteiger partial charge in [0.15, 0.2) is 5.13 Å². The quantitative estimate of drug-likeness (QED) is 0.875. The van der Waals surface area contributed by atoms with E-state index >= 15 is 0 Å². The predicted octanol–water partition coefficient (Wildman–Crippen LogP) is 2.80. The molecule has 1 unspecified atom stereocenters. The van der Waals surface area contributed by atoms with Crippen molar-refractivity contribution in [1.29, 1.82) is 0 Å². The molecule has 1 aliphatic heterocycles. The van der Waals surface area contributed by atoms with E-state index in [2.05, 4.69) is 9.88 Å². The molecule has 0 amide bonds. The van der Waals surface area contributed by atoms with Crippen LogP contribution in [0.5, 0.6) is 0 Å². The van der Waals surface area contributed by atoms with Crippen LogP contribution in [-0.2, 0) is 11.2 Å². The third-order valence-corrected chi connectivity index (χ3v) is 4.56. The normalized spacial score (nSPS) is 19.3. The van der Waals surface area contributed by atoms with Crippen LogP contribution in [0.2, 0.25) is 0 Å². The smallest absolute Gasteiger partial charge is 0.347 e. The number of hydrogen-bond acceptors (Lipinski definition) is 5. The van der Waals surface area contributed by atoms with Crippen molar-refractivity contribution in [2.45, 2.75) is 45.6 Å². The van der Waals surface area contributed by atoms with Crippen molar-refractivity contribution in [2.24, 2.45) is 0 Å². The average molecular weight is 298 g/mol. The molecule has 5 nitrogen and oxygen atoms in total. The second kappa shape index (κ2) is 7.04. The number of carbonyl (C=O) groups is 1. The van der Waals surface area contributed by atoms with Gasteiger partial charge in [-0.1, -0.05) is 24.7 Å². The highest BCUT2D eigenvalue weighted by atomic mass is 32.1. The van der Waals surface area contributed by atoms with Gasteiger partial charge in [-0.15, -0.1) is 0 Å². The summed E-state index contributed by atoms with van der Waals surface area (Å²) in [6.07, 6.45) is 4.01. The first kappa shape index (κ1) is 15.3. The van der Waals surface area contributed by atoms with Crippen LogP contribution >= 0.6 is 11.3 Å². The molecular formula is C14H22N2O3S. The summed E-state index contributed by atoms with van der Waals surface area (Å²) in [7, 11) is 0. The molecule has 112 valence electrons. The number of hydrogen-bond donors (Lipinski definition) is 1. The molecule has 1 aromatic heterocycles. The zero-order valence-electron chi connectivity index (χ0n) is 12.1. The van der Waals surface area contributed by atoms with Gasteiger partial charge in [0.1, 0.15) is 4.88 Å². The lowest BCUT2D eigenvalue weighted by atomic mass is 10.1. The maximum absolute atomic E-state index is 11.3. The highest BCUT2D eigenvalue weighted by Crippen LogP contribution is 2.29. The van der Waals surface area contributed by atoms with E-state index < -0.39 is 5.97 Å². The number of carboxylic acids is 1. The highest BCUT2D eigenvalue weighted by molar-refractivity contribution is 7.17. The number of piperidine rings is 1. The van der Waals surface area contributed by atoms with E-state index in [1.807, 2.05) is 13.8 Å². The molecule has 20 heavy (non-hydrogen) atoms. The monoisotopic (exact) mass is 298 g/mol. The first-order valence-corrected chi connectivity index (χ1v) is 8.06. The summed E-state index contributed by atoms with van der Waals surface area (Å²) in [5.41, 5.74) is 0.721. The van der Waals surface area contributed by atoms with Gasteiger partial charge in [0, 0.05) is 19.7 Å². The van der Waals surface area contributed by atoms with Gasteiger partial charge in [-0.05, 0) is 26.2 Å². The standard InChI is InChI=1S/C14H22N2O3S/c1-3-6-11-12(13(17)18)20-14(15-11)16-8-5-7-10(9-16)19-4-2/h10H,3-9H2,1-2H3,(H,17,18). The van der Waals surface area contributed by atoms with Crippen LogP contribution < -0.4 is 4.90 Å². The Kier molecular flexibility index (Phi) is 5.37. The Morgan fingerprint density at radius 3 is 3.00 bits per heavy atom. The Bertz CT molecular complexity index is 459. The third kappa shape index (κ3) is 3.49. The number of rotatable bonds is 6. The fraction of sp³-hybridized carbons (Fsp3) is 0.714. The van der Waals surface area contributed by atoms with E-state index in [1.54, 1.807) is 0 Å². The van der Waals surface area contributed by atoms with Gasteiger partial charge in [0.25, 0.3) is 0 Å². The molecule has 1 saturated heterocycles. The summed E-state index contributed by atoms with van der Waals surface area (Å²) in [6, 6.07) is 0. The van der Waals surface area contributed by atoms with Crippen molar-refractivity contribution in [3.8, 4) is 0 Å². The largest absolute Gasteiger partial charge is 0.477 e. The molecule has 0 bridgehead atoms. The summed E-state index contributed by atoms with van der Waals surface area (Å²) in [5.74, 6) is -0.865. The van der Waals surface area contributed by atoms with Crippen LogP contribution in [0.25, 0.3) is 0 Å². The second-order valence-electron chi connectivity index (χ2n) is 4.99. The van der Waals surface area contributed by atoms with Crippen LogP contribution in [0.1, 0.15) is 48.5 Å². The number of ether oxygens (including phenoxy) is 1. The van der Waals surface area contributed by atoms with Gasteiger partial charge in [-0.2, -0.15) is 0 Å². The Balaban J connectivity index is 2.15. The van der Waals surface area contributed by atoms with Gasteiger partial charge in [-0.25, -0.2) is 9.78 Å². The first-order valence-electron chi connectivity index (χ1n) is 7.25. The van der Waals surface area contributed by atoms with Crippen molar-refractivity contribution < 1.29 is 14.6 Å². The number of aromatic carboxylic acids is 1. The molecular weight excluding hydrogens is 276 g/mol. The number of nitrogens with zero attached hydrogens (tertiary/aromatic N) is 2. The molecule has 2 rings (SSSR count). The number of aryl methyl sites for hydroxylation is 1. The van der Waals surface area contributed by atoms with Crippen molar-refractivity contribution in [3.05, 3.63) is 10.6 Å². The first-order chi connectivity index (χ1) is 9.65. The molecule has 1 aromatic rings. The van der Waals surface area contributed by atoms with Gasteiger partial charge >= 0.3 is 5.97 Å². The Morgan fingerprint density at radius 2 is 2.35 bits per heavy atom. The van der Waals surface area contributed by atoms with Gasteiger partial charge < -0.3 is 14.7 Å². The minimum Gasteiger partial charge on any atom is -0.477 e. The zero-order chi connectivity index (χ0) is 14.5. The van der Waals surface area contributed by atoms with Crippen molar-refractivity contribution in [2.75, 3.05) is 24.6 Å². The molecule has 0 radical (unpaired) electrons. The molecule has 0 saturated carbocycles. The van der Waals surface area contributed by atoms with E-state index in [-0.39, 0.29) is 6.10 Å². The van der Waals surface area contributed by atoms with E-state index in [4.69, 9.17) is 4.74 Å². The topological polar surface area (TPSA) is 62.7 Å². The molecule has 1 aliphatic rings. The summed E-state index contributed by atoms with van der Waals surface area (Å²) in [5, 5.41) is 10.1. The SMILES string of the molecule is CCCc1nc(N2CCCC(OCC)C2)sc1C(=O)O. The van der Waals surface area contributed by atoms with Crippen LogP contribution in [0.4, 0.5) is 5.13 Å². The molecule has 1 atom stereocenters. The number of thiazole rings is 1. The summed E-state index contributed by atoms with van der Waals surface area (Å²) in [6.45, 7) is 6.51. The minimum atomic E-state index is -0.865. The predicted molar refractivity (Wildman–Crippen MR) is 79.9 cm³/mol. The lowest BCUT2D eigenvalue weighted by Gasteiger charge is -2.32. The number of carboxylic acid groups (broad SMARTS) is 1. The molecule has 2 heterocycles. The minimum absolute atomic E-state index is 0.237. The summed E-state index contributed by atoms with van der Waals surface area (Å²) in [4.78, 5) is 18.4. The summed E-state index contributed by atoms with van der Waals surface area (Å²) < 4.78 is 5.69. The lowest BCUT2D eigenvalue weighted by molar-refractivity contribution is 0.0526. The van der Waals surface area contributed by atoms with Crippen LogP contribution in [0.3, 0.4) is 0 Å². The van der Waals surface area contributed by atoms with Gasteiger partial charge in [0.2, 0.25) is 0 Å². The maximum atomic E-state index is 11.3. The molecule has 0 aromatic carbocycles. The molecule has 6 heteroatoms. The molecule has 0 aliphatic carbocycles. The highest BCUT2D eigenvalue weighted by Gasteiger charge is 2.25. The van der Waals surface area contributed by atoms with E-state index in [0.717, 1.165) is 56.2 Å². The lowest BCUT2D eigenvalue weighted by Crippen LogP contribution is -2.39. The maximum Gasteiger partial charge on any atom is 0.347 e. The fourth-order valence-electron chi connectivity index (χ4n) is 2.53.